The number of aromatic nitrogens is 2. The predicted molar refractivity (Wildman–Crippen MR) is 96.9 cm³/mol. The van der Waals surface area contributed by atoms with Gasteiger partial charge < -0.3 is 14.3 Å². The van der Waals surface area contributed by atoms with Crippen molar-refractivity contribution in [2.75, 3.05) is 7.05 Å². The second-order valence-corrected chi connectivity index (χ2v) is 6.90. The van der Waals surface area contributed by atoms with Crippen molar-refractivity contribution < 1.29 is 13.6 Å². The minimum absolute atomic E-state index is 0.0629. The number of carbonyl (C=O) groups excluding carboxylic acids is 1. The lowest BCUT2D eigenvalue weighted by Gasteiger charge is -2.15. The highest BCUT2D eigenvalue weighted by atomic mass is 32.1. The van der Waals surface area contributed by atoms with Crippen molar-refractivity contribution in [3.05, 3.63) is 63.0 Å². The minimum Gasteiger partial charge on any atom is -0.448 e. The van der Waals surface area contributed by atoms with E-state index in [1.165, 1.54) is 22.3 Å². The van der Waals surface area contributed by atoms with Crippen LogP contribution in [-0.4, -0.2) is 27.8 Å². The topological polar surface area (TPSA) is 79.2 Å². The lowest BCUT2D eigenvalue weighted by atomic mass is 10.1. The van der Waals surface area contributed by atoms with E-state index in [-0.39, 0.29) is 23.4 Å². The van der Waals surface area contributed by atoms with Crippen molar-refractivity contribution in [3.8, 4) is 0 Å². The van der Waals surface area contributed by atoms with Gasteiger partial charge in [-0.05, 0) is 24.4 Å². The molecule has 1 amide bonds. The van der Waals surface area contributed by atoms with E-state index in [0.29, 0.717) is 27.0 Å². The molecule has 26 heavy (non-hydrogen) atoms. The predicted octanol–water partition coefficient (Wildman–Crippen LogP) is 3.45. The molecule has 0 saturated heterocycles. The van der Waals surface area contributed by atoms with Gasteiger partial charge in [0.1, 0.15) is 10.5 Å². The highest BCUT2D eigenvalue weighted by Gasteiger charge is 2.23. The monoisotopic (exact) mass is 371 g/mol. The summed E-state index contributed by atoms with van der Waals surface area (Å²) in [5.74, 6) is -0.476. The quantitative estimate of drug-likeness (QED) is 0.598. The largest absolute Gasteiger partial charge is 0.448 e. The smallest absolute Gasteiger partial charge is 0.290 e. The van der Waals surface area contributed by atoms with Crippen LogP contribution >= 0.6 is 11.3 Å². The number of nitrogens with one attached hydrogen (secondary N) is 1. The van der Waals surface area contributed by atoms with Crippen molar-refractivity contribution in [3.63, 3.8) is 0 Å². The Morgan fingerprint density at radius 3 is 2.96 bits per heavy atom. The number of H-pyrrole nitrogens is 1. The van der Waals surface area contributed by atoms with Crippen LogP contribution in [0.25, 0.3) is 21.2 Å². The first-order chi connectivity index (χ1) is 12.5. The van der Waals surface area contributed by atoms with Gasteiger partial charge in [-0.3, -0.25) is 9.59 Å². The highest BCUT2D eigenvalue weighted by Crippen LogP contribution is 2.28. The number of para-hydroxylation sites is 1. The number of aryl methyl sites for hydroxylation is 1. The highest BCUT2D eigenvalue weighted by molar-refractivity contribution is 7.17. The van der Waals surface area contributed by atoms with Gasteiger partial charge in [0.15, 0.2) is 17.2 Å². The average Bonchev–Trinajstić information content (AvgIpc) is 3.20. The number of benzene rings is 1. The average molecular weight is 371 g/mol. The number of rotatable bonds is 3. The molecule has 132 valence electrons. The Morgan fingerprint density at radius 2 is 2.19 bits per heavy atom. The maximum atomic E-state index is 13.9. The maximum absolute atomic E-state index is 13.9. The number of hydrogen-bond donors (Lipinski definition) is 1. The molecule has 0 saturated carbocycles. The Hall–Kier alpha value is -3.00. The summed E-state index contributed by atoms with van der Waals surface area (Å²) in [6.07, 6.45) is 0. The van der Waals surface area contributed by atoms with Crippen LogP contribution in [0.15, 0.2) is 38.9 Å². The van der Waals surface area contributed by atoms with Crippen molar-refractivity contribution in [2.24, 2.45) is 0 Å². The van der Waals surface area contributed by atoms with Gasteiger partial charge >= 0.3 is 0 Å². The Labute approximate surface area is 150 Å². The molecule has 8 heteroatoms. The second kappa shape index (κ2) is 6.06. The number of nitrogens with zero attached hydrogens (tertiary/aromatic N) is 2. The SMILES string of the molecule is Cc1c(C(=O)N(C)Cc2nc3ccsc3c(=O)[nH]2)oc2c(F)cccc12. The summed E-state index contributed by atoms with van der Waals surface area (Å²) in [6.45, 7) is 1.81. The maximum Gasteiger partial charge on any atom is 0.290 e. The van der Waals surface area contributed by atoms with Gasteiger partial charge in [0, 0.05) is 18.0 Å². The van der Waals surface area contributed by atoms with Gasteiger partial charge in [-0.25, -0.2) is 9.37 Å². The molecule has 0 atom stereocenters. The van der Waals surface area contributed by atoms with Gasteiger partial charge in [-0.1, -0.05) is 12.1 Å². The fourth-order valence-electron chi connectivity index (χ4n) is 2.88. The van der Waals surface area contributed by atoms with E-state index in [2.05, 4.69) is 9.97 Å². The summed E-state index contributed by atoms with van der Waals surface area (Å²) in [5, 5.41) is 2.35. The number of furan rings is 1. The fourth-order valence-corrected chi connectivity index (χ4v) is 3.60. The molecule has 0 aliphatic rings. The number of fused-ring (bicyclic) bond motifs is 2. The summed E-state index contributed by atoms with van der Waals surface area (Å²) in [5.41, 5.74) is 0.999. The van der Waals surface area contributed by atoms with Crippen LogP contribution in [0.2, 0.25) is 0 Å². The molecule has 3 aromatic heterocycles. The summed E-state index contributed by atoms with van der Waals surface area (Å²) < 4.78 is 19.9. The standard InChI is InChI=1S/C18H14FN3O3S/c1-9-10-4-3-5-11(19)15(10)25-14(9)18(24)22(2)8-13-20-12-6-7-26-16(12)17(23)21-13/h3-7H,8H2,1-2H3,(H,20,21,23). The van der Waals surface area contributed by atoms with Gasteiger partial charge in [0.25, 0.3) is 11.5 Å². The fraction of sp³-hybridized carbons (Fsp3) is 0.167. The second-order valence-electron chi connectivity index (χ2n) is 5.98. The molecule has 0 bridgehead atoms. The Kier molecular flexibility index (Phi) is 3.84. The van der Waals surface area contributed by atoms with E-state index >= 15 is 0 Å². The molecule has 6 nitrogen and oxygen atoms in total. The molecule has 0 fully saturated rings. The van der Waals surface area contributed by atoms with E-state index < -0.39 is 11.7 Å². The zero-order valence-electron chi connectivity index (χ0n) is 14.0. The molecular weight excluding hydrogens is 357 g/mol. The Balaban J connectivity index is 1.66. The number of thiophene rings is 1. The minimum atomic E-state index is -0.513. The van der Waals surface area contributed by atoms with E-state index in [9.17, 15) is 14.0 Å². The van der Waals surface area contributed by atoms with Crippen molar-refractivity contribution in [1.29, 1.82) is 0 Å². The van der Waals surface area contributed by atoms with Gasteiger partial charge in [-0.2, -0.15) is 0 Å². The molecular formula is C18H14FN3O3S. The first-order valence-electron chi connectivity index (χ1n) is 7.85. The van der Waals surface area contributed by atoms with Crippen molar-refractivity contribution in [2.45, 2.75) is 13.5 Å². The number of hydrogen-bond acceptors (Lipinski definition) is 5. The van der Waals surface area contributed by atoms with Crippen molar-refractivity contribution in [1.82, 2.24) is 14.9 Å². The third kappa shape index (κ3) is 2.59. The molecule has 4 rings (SSSR count). The summed E-state index contributed by atoms with van der Waals surface area (Å²) >= 11 is 1.31. The third-order valence-corrected chi connectivity index (χ3v) is 5.11. The van der Waals surface area contributed by atoms with Crippen LogP contribution in [0.4, 0.5) is 4.39 Å². The molecule has 3 heterocycles. The van der Waals surface area contributed by atoms with Crippen LogP contribution in [0, 0.1) is 12.7 Å². The third-order valence-electron chi connectivity index (χ3n) is 4.21. The zero-order chi connectivity index (χ0) is 18.4. The molecule has 0 aliphatic carbocycles. The van der Waals surface area contributed by atoms with Gasteiger partial charge in [0.2, 0.25) is 0 Å². The van der Waals surface area contributed by atoms with E-state index in [4.69, 9.17) is 4.42 Å². The number of amides is 1. The molecule has 0 unspecified atom stereocenters. The normalized spacial score (nSPS) is 11.3. The lowest BCUT2D eigenvalue weighted by molar-refractivity contribution is 0.0751. The summed E-state index contributed by atoms with van der Waals surface area (Å²) in [7, 11) is 1.57. The number of carbonyl (C=O) groups is 1. The zero-order valence-corrected chi connectivity index (χ0v) is 14.8. The van der Waals surface area contributed by atoms with E-state index in [1.54, 1.807) is 37.6 Å². The first-order valence-corrected chi connectivity index (χ1v) is 8.73. The van der Waals surface area contributed by atoms with Crippen LogP contribution < -0.4 is 5.56 Å². The van der Waals surface area contributed by atoms with Crippen molar-refractivity contribution >= 4 is 38.4 Å². The Bertz CT molecular complexity index is 1210. The molecule has 1 aromatic carbocycles. The number of halogens is 1. The molecule has 1 N–H and O–H groups in total. The molecule has 0 aliphatic heterocycles. The molecule has 4 aromatic rings. The van der Waals surface area contributed by atoms with Crippen LogP contribution in [0.1, 0.15) is 21.9 Å². The Morgan fingerprint density at radius 1 is 1.38 bits per heavy atom. The summed E-state index contributed by atoms with van der Waals surface area (Å²) in [6, 6.07) is 6.32. The molecule has 0 radical (unpaired) electrons. The molecule has 0 spiro atoms. The van der Waals surface area contributed by atoms with Crippen LogP contribution in [0.3, 0.4) is 0 Å². The number of aromatic amines is 1. The summed E-state index contributed by atoms with van der Waals surface area (Å²) in [4.78, 5) is 33.2. The van der Waals surface area contributed by atoms with Gasteiger partial charge in [-0.15, -0.1) is 11.3 Å². The van der Waals surface area contributed by atoms with Crippen LogP contribution in [-0.2, 0) is 6.54 Å². The van der Waals surface area contributed by atoms with Crippen LogP contribution in [0.5, 0.6) is 0 Å². The van der Waals surface area contributed by atoms with E-state index in [1.807, 2.05) is 0 Å². The lowest BCUT2D eigenvalue weighted by Crippen LogP contribution is -2.28. The van der Waals surface area contributed by atoms with E-state index in [0.717, 1.165) is 0 Å². The van der Waals surface area contributed by atoms with Gasteiger partial charge in [0.05, 0.1) is 12.1 Å². The first kappa shape index (κ1) is 16.5.